The number of benzene rings is 2. The van der Waals surface area contributed by atoms with Crippen LogP contribution >= 0.6 is 23.2 Å². The maximum Gasteiger partial charge on any atom is 0.339 e. The average molecular weight is 419 g/mol. The van der Waals surface area contributed by atoms with Crippen LogP contribution in [0.2, 0.25) is 10.0 Å². The molecule has 3 rings (SSSR count). The molecular weight excluding hydrogens is 403 g/mol. The van der Waals surface area contributed by atoms with E-state index >= 15 is 0 Å². The van der Waals surface area contributed by atoms with E-state index in [0.717, 1.165) is 10.9 Å². The Kier molecular flexibility index (Phi) is 6.94. The fraction of sp³-hybridized carbons (Fsp3) is 0.100. The first-order chi connectivity index (χ1) is 13.3. The Labute approximate surface area is 171 Å². The number of hydrogen-bond acceptors (Lipinski definition) is 5. The number of anilines is 1. The lowest BCUT2D eigenvalue weighted by molar-refractivity contribution is 0.0592. The van der Waals surface area contributed by atoms with Gasteiger partial charge in [0.1, 0.15) is 0 Å². The number of terminal acetylenes is 1. The lowest BCUT2D eigenvalue weighted by Crippen LogP contribution is -2.04. The number of nitrogen functional groups attached to an aromatic ring is 1. The molecular formula is C20H16Cl2N2O4. The molecule has 3 N–H and O–H groups in total. The molecule has 0 unspecified atom stereocenters. The minimum atomic E-state index is -0.536. The number of esters is 2. The van der Waals surface area contributed by atoms with Crippen LogP contribution < -0.4 is 5.73 Å². The summed E-state index contributed by atoms with van der Waals surface area (Å²) in [5.41, 5.74) is 7.76. The number of carbonyl (C=O) groups excluding carboxylic acids is 2. The summed E-state index contributed by atoms with van der Waals surface area (Å²) in [7, 11) is 2.60. The number of hydrogen-bond donors (Lipinski definition) is 2. The van der Waals surface area contributed by atoms with Gasteiger partial charge in [0.15, 0.2) is 0 Å². The number of H-pyrrole nitrogens is 1. The fourth-order valence-electron chi connectivity index (χ4n) is 2.37. The van der Waals surface area contributed by atoms with E-state index in [9.17, 15) is 9.59 Å². The third kappa shape index (κ3) is 4.22. The first kappa shape index (κ1) is 21.2. The number of fused-ring (bicyclic) bond motifs is 1. The van der Waals surface area contributed by atoms with Gasteiger partial charge in [-0.25, -0.2) is 9.59 Å². The summed E-state index contributed by atoms with van der Waals surface area (Å²) in [5.74, 6) is 1.36. The van der Waals surface area contributed by atoms with Crippen LogP contribution in [0.15, 0.2) is 36.5 Å². The molecule has 0 bridgehead atoms. The number of halogens is 2. The Bertz CT molecular complexity index is 1080. The van der Waals surface area contributed by atoms with Crippen LogP contribution in [0.5, 0.6) is 0 Å². The number of aromatic nitrogens is 1. The summed E-state index contributed by atoms with van der Waals surface area (Å²) >= 11 is 11.9. The molecule has 0 radical (unpaired) electrons. The van der Waals surface area contributed by atoms with Crippen LogP contribution in [-0.2, 0) is 9.47 Å². The van der Waals surface area contributed by atoms with Crippen molar-refractivity contribution in [2.75, 3.05) is 20.0 Å². The van der Waals surface area contributed by atoms with Gasteiger partial charge in [0.2, 0.25) is 0 Å². The molecule has 1 aromatic heterocycles. The zero-order chi connectivity index (χ0) is 20.8. The molecule has 0 spiro atoms. The number of rotatable bonds is 2. The van der Waals surface area contributed by atoms with Crippen molar-refractivity contribution in [3.8, 4) is 12.3 Å². The third-order valence-corrected chi connectivity index (χ3v) is 4.60. The van der Waals surface area contributed by atoms with E-state index in [-0.39, 0.29) is 10.6 Å². The molecule has 0 amide bonds. The first-order valence-electron chi connectivity index (χ1n) is 7.82. The lowest BCUT2D eigenvalue weighted by Gasteiger charge is -2.06. The number of methoxy groups -OCH3 is 2. The van der Waals surface area contributed by atoms with Crippen molar-refractivity contribution < 1.29 is 19.1 Å². The smallest absolute Gasteiger partial charge is 0.339 e. The summed E-state index contributed by atoms with van der Waals surface area (Å²) < 4.78 is 9.13. The molecule has 0 aliphatic rings. The second-order valence-corrected chi connectivity index (χ2v) is 6.14. The molecule has 1 heterocycles. The zero-order valence-electron chi connectivity index (χ0n) is 15.0. The fourth-order valence-corrected chi connectivity index (χ4v) is 2.98. The molecule has 0 saturated heterocycles. The molecule has 2 aromatic carbocycles. The second-order valence-electron chi connectivity index (χ2n) is 5.38. The number of ether oxygens (including phenoxy) is 2. The van der Waals surface area contributed by atoms with Gasteiger partial charge >= 0.3 is 11.9 Å². The van der Waals surface area contributed by atoms with Gasteiger partial charge < -0.3 is 20.2 Å². The maximum atomic E-state index is 11.3. The zero-order valence-corrected chi connectivity index (χ0v) is 16.5. The van der Waals surface area contributed by atoms with Crippen molar-refractivity contribution in [1.82, 2.24) is 4.98 Å². The first-order valence-corrected chi connectivity index (χ1v) is 8.58. The Morgan fingerprint density at radius 2 is 1.57 bits per heavy atom. The monoisotopic (exact) mass is 418 g/mol. The molecule has 0 aliphatic carbocycles. The summed E-state index contributed by atoms with van der Waals surface area (Å²) in [4.78, 5) is 25.5. The second kappa shape index (κ2) is 9.18. The normalized spacial score (nSPS) is 9.82. The number of carbonyl (C=O) groups is 2. The summed E-state index contributed by atoms with van der Waals surface area (Å²) in [6.07, 6.45) is 6.97. The summed E-state index contributed by atoms with van der Waals surface area (Å²) in [6.45, 7) is 0. The Morgan fingerprint density at radius 3 is 2.14 bits per heavy atom. The van der Waals surface area contributed by atoms with E-state index in [1.807, 2.05) is 6.07 Å². The van der Waals surface area contributed by atoms with Gasteiger partial charge in [-0.3, -0.25) is 0 Å². The summed E-state index contributed by atoms with van der Waals surface area (Å²) in [5, 5.41) is 1.41. The van der Waals surface area contributed by atoms with Crippen molar-refractivity contribution >= 4 is 51.7 Å². The number of nitrogens with one attached hydrogen (secondary N) is 1. The van der Waals surface area contributed by atoms with Crippen molar-refractivity contribution in [1.29, 1.82) is 0 Å². The van der Waals surface area contributed by atoms with E-state index in [2.05, 4.69) is 20.4 Å². The minimum Gasteiger partial charge on any atom is -0.465 e. The largest absolute Gasteiger partial charge is 0.465 e. The van der Waals surface area contributed by atoms with Crippen LogP contribution in [0.4, 0.5) is 5.69 Å². The molecule has 28 heavy (non-hydrogen) atoms. The van der Waals surface area contributed by atoms with Crippen molar-refractivity contribution in [3.05, 3.63) is 63.3 Å². The molecule has 144 valence electrons. The number of nitrogens with two attached hydrogens (primary N) is 1. The van der Waals surface area contributed by atoms with E-state index < -0.39 is 11.9 Å². The molecule has 3 aromatic rings. The van der Waals surface area contributed by atoms with Gasteiger partial charge in [-0.05, 0) is 30.3 Å². The Balaban J connectivity index is 0.000000200. The van der Waals surface area contributed by atoms with Crippen LogP contribution in [0.25, 0.3) is 10.9 Å². The van der Waals surface area contributed by atoms with Gasteiger partial charge in [0, 0.05) is 22.8 Å². The summed E-state index contributed by atoms with van der Waals surface area (Å²) in [6, 6.07) is 8.27. The van der Waals surface area contributed by atoms with E-state index in [1.165, 1.54) is 26.4 Å². The molecule has 8 heteroatoms. The van der Waals surface area contributed by atoms with Gasteiger partial charge in [-0.1, -0.05) is 29.1 Å². The SMILES string of the molecule is C#Cc1c(N)ccc(C(=O)OC)c1Cl.COC(=O)c1ccc2[nH]ccc2c1Cl. The van der Waals surface area contributed by atoms with Crippen LogP contribution in [0.1, 0.15) is 26.3 Å². The van der Waals surface area contributed by atoms with Crippen molar-refractivity contribution in [3.63, 3.8) is 0 Å². The quantitative estimate of drug-likeness (QED) is 0.367. The van der Waals surface area contributed by atoms with Gasteiger partial charge in [-0.15, -0.1) is 6.42 Å². The molecule has 6 nitrogen and oxygen atoms in total. The van der Waals surface area contributed by atoms with Crippen molar-refractivity contribution in [2.45, 2.75) is 0 Å². The molecule has 0 fully saturated rings. The molecule has 0 atom stereocenters. The Morgan fingerprint density at radius 1 is 1.00 bits per heavy atom. The van der Waals surface area contributed by atoms with Crippen LogP contribution in [0, 0.1) is 12.3 Å². The van der Waals surface area contributed by atoms with Gasteiger partial charge in [0.05, 0.1) is 41.0 Å². The molecule has 0 aliphatic heterocycles. The lowest BCUT2D eigenvalue weighted by atomic mass is 10.1. The highest BCUT2D eigenvalue weighted by Crippen LogP contribution is 2.27. The predicted molar refractivity (Wildman–Crippen MR) is 110 cm³/mol. The highest BCUT2D eigenvalue weighted by atomic mass is 35.5. The third-order valence-electron chi connectivity index (χ3n) is 3.80. The highest BCUT2D eigenvalue weighted by Gasteiger charge is 2.15. The standard InChI is InChI=1S/2C10H8ClNO2/c1-14-10(13)7-2-3-8-6(9(7)11)4-5-12-8;1-3-6-8(12)5-4-7(9(6)11)10(13)14-2/h2-5,12H,1H3;1,4-5H,12H2,2H3. The average Bonchev–Trinajstić information content (AvgIpc) is 3.18. The Hall–Kier alpha value is -3.14. The maximum absolute atomic E-state index is 11.3. The van der Waals surface area contributed by atoms with Gasteiger partial charge in [0.25, 0.3) is 0 Å². The minimum absolute atomic E-state index is 0.152. The van der Waals surface area contributed by atoms with E-state index in [0.29, 0.717) is 21.8 Å². The van der Waals surface area contributed by atoms with Crippen LogP contribution in [0.3, 0.4) is 0 Å². The predicted octanol–water partition coefficient (Wildman–Crippen LogP) is 4.30. The topological polar surface area (TPSA) is 94.4 Å². The van der Waals surface area contributed by atoms with Crippen LogP contribution in [-0.4, -0.2) is 31.1 Å². The van der Waals surface area contributed by atoms with Crippen molar-refractivity contribution in [2.24, 2.45) is 0 Å². The highest BCUT2D eigenvalue weighted by molar-refractivity contribution is 6.38. The molecule has 0 saturated carbocycles. The number of aromatic amines is 1. The van der Waals surface area contributed by atoms with Gasteiger partial charge in [-0.2, -0.15) is 0 Å². The van der Waals surface area contributed by atoms with E-state index in [1.54, 1.807) is 18.3 Å². The van der Waals surface area contributed by atoms with E-state index in [4.69, 9.17) is 35.4 Å².